The number of carbonyl (C=O) groups is 2. The smallest absolute Gasteiger partial charge is 0.317 e. The summed E-state index contributed by atoms with van der Waals surface area (Å²) in [7, 11) is 1.82. The molecule has 2 aliphatic carbocycles. The predicted molar refractivity (Wildman–Crippen MR) is 82.8 cm³/mol. The molecule has 2 rings (SSSR count). The summed E-state index contributed by atoms with van der Waals surface area (Å²) in [5, 5.41) is 11.3. The maximum Gasteiger partial charge on any atom is 0.317 e. The van der Waals surface area contributed by atoms with Crippen molar-refractivity contribution in [2.24, 2.45) is 5.41 Å². The Morgan fingerprint density at radius 3 is 2.59 bits per heavy atom. The van der Waals surface area contributed by atoms with Gasteiger partial charge in [-0.2, -0.15) is 0 Å². The average molecular weight is 312 g/mol. The quantitative estimate of drug-likeness (QED) is 0.788. The highest BCUT2D eigenvalue weighted by molar-refractivity contribution is 5.75. The van der Waals surface area contributed by atoms with E-state index in [1.165, 1.54) is 19.3 Å². The van der Waals surface area contributed by atoms with Crippen LogP contribution in [0.1, 0.15) is 51.9 Å². The van der Waals surface area contributed by atoms with E-state index >= 15 is 0 Å². The molecule has 0 aromatic heterocycles. The molecule has 6 heteroatoms. The summed E-state index contributed by atoms with van der Waals surface area (Å²) in [6.45, 7) is 2.91. The number of amides is 2. The third-order valence-corrected chi connectivity index (χ3v) is 5.30. The van der Waals surface area contributed by atoms with Crippen molar-refractivity contribution in [2.75, 3.05) is 20.2 Å². The third-order valence-electron chi connectivity index (χ3n) is 5.30. The number of rotatable bonds is 6. The van der Waals surface area contributed by atoms with E-state index in [0.717, 1.165) is 19.3 Å². The average Bonchev–Trinajstić information content (AvgIpc) is 2.50. The first-order valence-electron chi connectivity index (χ1n) is 8.35. The van der Waals surface area contributed by atoms with Crippen LogP contribution in [0.4, 0.5) is 4.79 Å². The Labute approximate surface area is 132 Å². The second kappa shape index (κ2) is 7.31. The summed E-state index contributed by atoms with van der Waals surface area (Å²) >= 11 is 0. The minimum atomic E-state index is -0.897. The first-order valence-corrected chi connectivity index (χ1v) is 8.35. The molecule has 2 N–H and O–H groups in total. The van der Waals surface area contributed by atoms with E-state index < -0.39 is 5.97 Å². The molecule has 2 aliphatic rings. The van der Waals surface area contributed by atoms with Gasteiger partial charge in [0.2, 0.25) is 0 Å². The van der Waals surface area contributed by atoms with Gasteiger partial charge >= 0.3 is 12.0 Å². The maximum absolute atomic E-state index is 12.2. The van der Waals surface area contributed by atoms with E-state index in [1.807, 2.05) is 14.0 Å². The summed E-state index contributed by atoms with van der Waals surface area (Å²) in [6.07, 6.45) is 7.01. The van der Waals surface area contributed by atoms with Crippen molar-refractivity contribution in [3.63, 3.8) is 0 Å². The Balaban J connectivity index is 1.94. The van der Waals surface area contributed by atoms with Crippen molar-refractivity contribution in [3.05, 3.63) is 0 Å². The van der Waals surface area contributed by atoms with Crippen molar-refractivity contribution < 1.29 is 19.4 Å². The van der Waals surface area contributed by atoms with Crippen molar-refractivity contribution in [1.29, 1.82) is 0 Å². The van der Waals surface area contributed by atoms with Crippen molar-refractivity contribution in [3.8, 4) is 0 Å². The van der Waals surface area contributed by atoms with Crippen LogP contribution in [-0.2, 0) is 9.53 Å². The molecule has 6 nitrogen and oxygen atoms in total. The van der Waals surface area contributed by atoms with Gasteiger partial charge in [0.1, 0.15) is 0 Å². The van der Waals surface area contributed by atoms with E-state index in [0.29, 0.717) is 6.61 Å². The first-order chi connectivity index (χ1) is 10.5. The zero-order valence-corrected chi connectivity index (χ0v) is 13.6. The number of urea groups is 1. The molecule has 0 aliphatic heterocycles. The van der Waals surface area contributed by atoms with Crippen LogP contribution in [-0.4, -0.2) is 54.4 Å². The topological polar surface area (TPSA) is 78.9 Å². The highest BCUT2D eigenvalue weighted by Gasteiger charge is 2.57. The van der Waals surface area contributed by atoms with Crippen LogP contribution in [0.15, 0.2) is 0 Å². The number of carboxylic acids is 1. The van der Waals surface area contributed by atoms with Crippen LogP contribution in [0.5, 0.6) is 0 Å². The molecule has 0 radical (unpaired) electrons. The number of carbonyl (C=O) groups excluding carboxylic acids is 1. The van der Waals surface area contributed by atoms with Gasteiger partial charge in [-0.25, -0.2) is 4.79 Å². The number of nitrogens with one attached hydrogen (secondary N) is 1. The van der Waals surface area contributed by atoms with Gasteiger partial charge in [0.25, 0.3) is 0 Å². The highest BCUT2D eigenvalue weighted by atomic mass is 16.5. The Kier molecular flexibility index (Phi) is 5.67. The number of hydrogen-bond acceptors (Lipinski definition) is 3. The lowest BCUT2D eigenvalue weighted by Gasteiger charge is -2.60. The van der Waals surface area contributed by atoms with Crippen LogP contribution in [0, 0.1) is 5.41 Å². The zero-order chi connectivity index (χ0) is 16.2. The van der Waals surface area contributed by atoms with Crippen molar-refractivity contribution in [1.82, 2.24) is 10.2 Å². The van der Waals surface area contributed by atoms with Gasteiger partial charge < -0.3 is 20.1 Å². The molecular formula is C16H28N2O4. The molecular weight excluding hydrogens is 284 g/mol. The van der Waals surface area contributed by atoms with E-state index in [-0.39, 0.29) is 36.6 Å². The lowest BCUT2D eigenvalue weighted by atomic mass is 9.54. The van der Waals surface area contributed by atoms with Gasteiger partial charge in [0, 0.05) is 31.7 Å². The number of hydrogen-bond donors (Lipinski definition) is 2. The van der Waals surface area contributed by atoms with Gasteiger partial charge in [0.05, 0.1) is 12.5 Å². The molecule has 2 unspecified atom stereocenters. The van der Waals surface area contributed by atoms with Crippen LogP contribution in [0.3, 0.4) is 0 Å². The Morgan fingerprint density at radius 2 is 2.00 bits per heavy atom. The molecule has 126 valence electrons. The van der Waals surface area contributed by atoms with E-state index in [1.54, 1.807) is 4.90 Å². The summed E-state index contributed by atoms with van der Waals surface area (Å²) in [5.74, 6) is -0.897. The molecule has 1 spiro atoms. The standard InChI is InChI=1S/C16H28N2O4/c1-3-22-13-11-12(16(13)8-5-4-6-9-16)18(2)15(21)17-10-7-14(19)20/h12-13H,3-11H2,1-2H3,(H,17,21)(H,19,20). The van der Waals surface area contributed by atoms with Gasteiger partial charge in [-0.3, -0.25) is 4.79 Å². The fourth-order valence-electron chi connectivity index (χ4n) is 4.11. The van der Waals surface area contributed by atoms with Gasteiger partial charge in [-0.05, 0) is 26.2 Å². The van der Waals surface area contributed by atoms with Crippen LogP contribution >= 0.6 is 0 Å². The molecule has 2 amide bonds. The number of nitrogens with zero attached hydrogens (tertiary/aromatic N) is 1. The summed E-state index contributed by atoms with van der Waals surface area (Å²) < 4.78 is 5.91. The first kappa shape index (κ1) is 17.1. The molecule has 22 heavy (non-hydrogen) atoms. The molecule has 0 bridgehead atoms. The van der Waals surface area contributed by atoms with E-state index in [4.69, 9.17) is 9.84 Å². The molecule has 0 aromatic rings. The Morgan fingerprint density at radius 1 is 1.32 bits per heavy atom. The van der Waals surface area contributed by atoms with E-state index in [2.05, 4.69) is 5.32 Å². The van der Waals surface area contributed by atoms with Gasteiger partial charge in [-0.1, -0.05) is 19.3 Å². The highest BCUT2D eigenvalue weighted by Crippen LogP contribution is 2.55. The molecule has 2 atom stereocenters. The number of aliphatic carboxylic acids is 1. The molecule has 0 heterocycles. The summed E-state index contributed by atoms with van der Waals surface area (Å²) in [4.78, 5) is 24.5. The van der Waals surface area contributed by atoms with Crippen LogP contribution < -0.4 is 5.32 Å². The number of carboxylic acid groups (broad SMARTS) is 1. The molecule has 2 saturated carbocycles. The summed E-state index contributed by atoms with van der Waals surface area (Å²) in [5.41, 5.74) is 0.104. The molecule has 0 saturated heterocycles. The Hall–Kier alpha value is -1.30. The monoisotopic (exact) mass is 312 g/mol. The normalized spacial score (nSPS) is 26.3. The zero-order valence-electron chi connectivity index (χ0n) is 13.6. The molecule has 0 aromatic carbocycles. The SMILES string of the molecule is CCOC1CC(N(C)C(=O)NCCC(=O)O)C12CCCCC2. The minimum Gasteiger partial charge on any atom is -0.481 e. The van der Waals surface area contributed by atoms with Crippen LogP contribution in [0.2, 0.25) is 0 Å². The second-order valence-corrected chi connectivity index (χ2v) is 6.48. The predicted octanol–water partition coefficient (Wildman–Crippen LogP) is 2.23. The fourth-order valence-corrected chi connectivity index (χ4v) is 4.11. The van der Waals surface area contributed by atoms with Crippen molar-refractivity contribution in [2.45, 2.75) is 64.0 Å². The van der Waals surface area contributed by atoms with Crippen LogP contribution in [0.25, 0.3) is 0 Å². The second-order valence-electron chi connectivity index (χ2n) is 6.48. The maximum atomic E-state index is 12.2. The lowest BCUT2D eigenvalue weighted by molar-refractivity contribution is -0.170. The Bertz CT molecular complexity index is 407. The van der Waals surface area contributed by atoms with Gasteiger partial charge in [-0.15, -0.1) is 0 Å². The van der Waals surface area contributed by atoms with E-state index in [9.17, 15) is 9.59 Å². The fraction of sp³-hybridized carbons (Fsp3) is 0.875. The molecule has 2 fully saturated rings. The summed E-state index contributed by atoms with van der Waals surface area (Å²) in [6, 6.07) is 0.0281. The van der Waals surface area contributed by atoms with Gasteiger partial charge in [0.15, 0.2) is 0 Å². The third kappa shape index (κ3) is 3.37. The van der Waals surface area contributed by atoms with Crippen molar-refractivity contribution >= 4 is 12.0 Å². The number of ether oxygens (including phenoxy) is 1. The largest absolute Gasteiger partial charge is 0.481 e. The lowest BCUT2D eigenvalue weighted by Crippen LogP contribution is -2.66. The minimum absolute atomic E-state index is 0.0447.